The molecule has 2 aromatic carbocycles. The average Bonchev–Trinajstić information content (AvgIpc) is 3.03. The van der Waals surface area contributed by atoms with Gasteiger partial charge in [-0.3, -0.25) is 0 Å². The normalized spacial score (nSPS) is 13.3. The fraction of sp³-hybridized carbons (Fsp3) is 0.381. The van der Waals surface area contributed by atoms with E-state index in [1.807, 2.05) is 13.0 Å². The summed E-state index contributed by atoms with van der Waals surface area (Å²) in [6.07, 6.45) is 0.916. The van der Waals surface area contributed by atoms with Crippen molar-refractivity contribution in [1.82, 2.24) is 19.2 Å². The number of sulfonamides is 1. The molecule has 0 bridgehead atoms. The monoisotopic (exact) mass is 418 g/mol. The summed E-state index contributed by atoms with van der Waals surface area (Å²) in [5, 5.41) is 3.33. The van der Waals surface area contributed by atoms with Gasteiger partial charge in [-0.15, -0.1) is 0 Å². The van der Waals surface area contributed by atoms with Crippen LogP contribution in [0.15, 0.2) is 47.4 Å². The molecule has 0 aliphatic heterocycles. The highest BCUT2D eigenvalue weighted by atomic mass is 32.2. The zero-order valence-electron chi connectivity index (χ0n) is 17.2. The Bertz CT molecular complexity index is 1110. The number of hydrogen-bond acceptors (Lipinski definition) is 4. The van der Waals surface area contributed by atoms with Crippen molar-refractivity contribution >= 4 is 21.1 Å². The molecular formula is C21H27FN4O2S. The molecule has 8 heteroatoms. The van der Waals surface area contributed by atoms with Gasteiger partial charge >= 0.3 is 0 Å². The fourth-order valence-corrected chi connectivity index (χ4v) is 4.24. The average molecular weight is 419 g/mol. The van der Waals surface area contributed by atoms with Crippen LogP contribution < -0.4 is 5.32 Å². The minimum atomic E-state index is -3.52. The van der Waals surface area contributed by atoms with Gasteiger partial charge in [0.2, 0.25) is 10.0 Å². The number of aryl methyl sites for hydroxylation is 1. The lowest BCUT2D eigenvalue weighted by Crippen LogP contribution is -2.22. The third-order valence-corrected chi connectivity index (χ3v) is 6.77. The Hall–Kier alpha value is -2.29. The molecule has 0 spiro atoms. The van der Waals surface area contributed by atoms with Crippen LogP contribution in [0.2, 0.25) is 0 Å². The van der Waals surface area contributed by atoms with E-state index in [0.717, 1.165) is 24.3 Å². The first-order chi connectivity index (χ1) is 13.8. The lowest BCUT2D eigenvalue weighted by Gasteiger charge is -2.15. The topological polar surface area (TPSA) is 67.2 Å². The second-order valence-electron chi connectivity index (χ2n) is 7.24. The zero-order chi connectivity index (χ0) is 21.2. The molecule has 3 rings (SSSR count). The Balaban J connectivity index is 1.92. The number of nitrogens with zero attached hydrogens (tertiary/aromatic N) is 3. The molecule has 0 aliphatic rings. The van der Waals surface area contributed by atoms with Crippen molar-refractivity contribution in [1.29, 1.82) is 0 Å². The van der Waals surface area contributed by atoms with E-state index in [9.17, 15) is 12.8 Å². The highest BCUT2D eigenvalue weighted by Crippen LogP contribution is 2.23. The number of hydrogen-bond donors (Lipinski definition) is 1. The molecule has 0 saturated heterocycles. The third-order valence-electron chi connectivity index (χ3n) is 4.96. The molecule has 6 nitrogen and oxygen atoms in total. The molecule has 0 fully saturated rings. The standard InChI is InChI=1S/C21H27FN4O2S/c1-5-12-26-20-11-10-16(29(27,28)25(3)4)13-19(20)24-21(26)14-23-15(2)17-8-6-7-9-18(17)22/h6-11,13,15,23H,5,12,14H2,1-4H3. The maximum absolute atomic E-state index is 14.0. The summed E-state index contributed by atoms with van der Waals surface area (Å²) in [4.78, 5) is 4.89. The van der Waals surface area contributed by atoms with E-state index in [1.54, 1.807) is 30.3 Å². The third kappa shape index (κ3) is 4.34. The van der Waals surface area contributed by atoms with E-state index in [4.69, 9.17) is 0 Å². The maximum Gasteiger partial charge on any atom is 0.242 e. The molecule has 1 unspecified atom stereocenters. The molecule has 156 valence electrons. The Kier molecular flexibility index (Phi) is 6.36. The van der Waals surface area contributed by atoms with Crippen LogP contribution in [0.5, 0.6) is 0 Å². The van der Waals surface area contributed by atoms with Gasteiger partial charge in [-0.25, -0.2) is 22.1 Å². The molecule has 3 aromatic rings. The molecule has 1 heterocycles. The molecule has 0 saturated carbocycles. The quantitative estimate of drug-likeness (QED) is 0.606. The molecule has 0 radical (unpaired) electrons. The first-order valence-electron chi connectivity index (χ1n) is 9.65. The zero-order valence-corrected chi connectivity index (χ0v) is 18.0. The van der Waals surface area contributed by atoms with Crippen molar-refractivity contribution in [2.24, 2.45) is 0 Å². The van der Waals surface area contributed by atoms with Gasteiger partial charge in [-0.2, -0.15) is 0 Å². The Morgan fingerprint density at radius 3 is 2.59 bits per heavy atom. The SMILES string of the molecule is CCCn1c(CNC(C)c2ccccc2F)nc2cc(S(=O)(=O)N(C)C)ccc21. The number of fused-ring (bicyclic) bond motifs is 1. The number of halogens is 1. The molecule has 1 atom stereocenters. The summed E-state index contributed by atoms with van der Waals surface area (Å²) >= 11 is 0. The van der Waals surface area contributed by atoms with Crippen LogP contribution in [-0.4, -0.2) is 36.4 Å². The van der Waals surface area contributed by atoms with Crippen molar-refractivity contribution in [3.05, 3.63) is 59.7 Å². The van der Waals surface area contributed by atoms with Crippen LogP contribution in [0.1, 0.15) is 37.7 Å². The van der Waals surface area contributed by atoms with Crippen LogP contribution in [0.25, 0.3) is 11.0 Å². The van der Waals surface area contributed by atoms with Gasteiger partial charge in [-0.1, -0.05) is 25.1 Å². The summed E-state index contributed by atoms with van der Waals surface area (Å²) in [5.74, 6) is 0.553. The van der Waals surface area contributed by atoms with Crippen molar-refractivity contribution < 1.29 is 12.8 Å². The maximum atomic E-state index is 14.0. The van der Waals surface area contributed by atoms with Crippen LogP contribution in [-0.2, 0) is 23.1 Å². The number of benzene rings is 2. The Labute approximate surface area is 171 Å². The van der Waals surface area contributed by atoms with Crippen LogP contribution >= 0.6 is 0 Å². The second-order valence-corrected chi connectivity index (χ2v) is 9.39. The molecule has 0 amide bonds. The summed E-state index contributed by atoms with van der Waals surface area (Å²) in [6.45, 7) is 5.20. The molecule has 1 aromatic heterocycles. The Morgan fingerprint density at radius 2 is 1.93 bits per heavy atom. The van der Waals surface area contributed by atoms with Gasteiger partial charge in [0.25, 0.3) is 0 Å². The van der Waals surface area contributed by atoms with E-state index in [0.29, 0.717) is 17.6 Å². The van der Waals surface area contributed by atoms with Crippen LogP contribution in [0, 0.1) is 5.82 Å². The first-order valence-corrected chi connectivity index (χ1v) is 11.1. The lowest BCUT2D eigenvalue weighted by atomic mass is 10.1. The lowest BCUT2D eigenvalue weighted by molar-refractivity contribution is 0.508. The summed E-state index contributed by atoms with van der Waals surface area (Å²) in [6, 6.07) is 11.5. The predicted octanol–water partition coefficient (Wildman–Crippen LogP) is 3.69. The van der Waals surface area contributed by atoms with Crippen molar-refractivity contribution in [3.63, 3.8) is 0 Å². The smallest absolute Gasteiger partial charge is 0.242 e. The molecule has 29 heavy (non-hydrogen) atoms. The van der Waals surface area contributed by atoms with Crippen molar-refractivity contribution in [2.75, 3.05) is 14.1 Å². The van der Waals surface area contributed by atoms with Crippen molar-refractivity contribution in [3.8, 4) is 0 Å². The summed E-state index contributed by atoms with van der Waals surface area (Å²) in [7, 11) is -0.507. The molecule has 1 N–H and O–H groups in total. The summed E-state index contributed by atoms with van der Waals surface area (Å²) < 4.78 is 42.2. The highest BCUT2D eigenvalue weighted by Gasteiger charge is 2.20. The van der Waals surface area contributed by atoms with Gasteiger partial charge in [0, 0.05) is 32.2 Å². The van der Waals surface area contributed by atoms with E-state index in [1.165, 1.54) is 24.5 Å². The number of imidazole rings is 1. The van der Waals surface area contributed by atoms with E-state index in [2.05, 4.69) is 21.8 Å². The summed E-state index contributed by atoms with van der Waals surface area (Å²) in [5.41, 5.74) is 2.13. The van der Waals surface area contributed by atoms with Gasteiger partial charge in [-0.05, 0) is 37.6 Å². The second kappa shape index (κ2) is 8.61. The number of rotatable bonds is 8. The highest BCUT2D eigenvalue weighted by molar-refractivity contribution is 7.89. The molecular weight excluding hydrogens is 391 g/mol. The van der Waals surface area contributed by atoms with Gasteiger partial charge < -0.3 is 9.88 Å². The first kappa shape index (κ1) is 21.4. The van der Waals surface area contributed by atoms with Crippen LogP contribution in [0.3, 0.4) is 0 Å². The molecule has 0 aliphatic carbocycles. The van der Waals surface area contributed by atoms with Gasteiger partial charge in [0.15, 0.2) is 0 Å². The minimum Gasteiger partial charge on any atom is -0.327 e. The van der Waals surface area contributed by atoms with E-state index >= 15 is 0 Å². The largest absolute Gasteiger partial charge is 0.327 e. The fourth-order valence-electron chi connectivity index (χ4n) is 3.32. The van der Waals surface area contributed by atoms with Crippen molar-refractivity contribution in [2.45, 2.75) is 44.3 Å². The predicted molar refractivity (Wildman–Crippen MR) is 113 cm³/mol. The van der Waals surface area contributed by atoms with Crippen LogP contribution in [0.4, 0.5) is 4.39 Å². The van der Waals surface area contributed by atoms with E-state index < -0.39 is 10.0 Å². The van der Waals surface area contributed by atoms with Gasteiger partial charge in [0.05, 0.1) is 22.5 Å². The van der Waals surface area contributed by atoms with E-state index in [-0.39, 0.29) is 16.8 Å². The number of aromatic nitrogens is 2. The Morgan fingerprint density at radius 1 is 1.21 bits per heavy atom. The minimum absolute atomic E-state index is 0.184. The number of nitrogens with one attached hydrogen (secondary N) is 1. The van der Waals surface area contributed by atoms with Gasteiger partial charge in [0.1, 0.15) is 11.6 Å².